The highest BCUT2D eigenvalue weighted by Gasteiger charge is 2.40. The number of carbonyl (C=O) groups is 1. The summed E-state index contributed by atoms with van der Waals surface area (Å²) in [5, 5.41) is 0. The number of piperidine rings is 1. The SMILES string of the molecule is COC(=O)[C@@H](c1ccccc1)N1CCC[C@@]2(CC=CCC2)C1. The summed E-state index contributed by atoms with van der Waals surface area (Å²) < 4.78 is 5.10. The molecule has 22 heavy (non-hydrogen) atoms. The van der Waals surface area contributed by atoms with Crippen molar-refractivity contribution < 1.29 is 9.53 Å². The first-order valence-corrected chi connectivity index (χ1v) is 8.26. The van der Waals surface area contributed by atoms with E-state index in [1.165, 1.54) is 26.4 Å². The molecule has 0 radical (unpaired) electrons. The van der Waals surface area contributed by atoms with Gasteiger partial charge in [-0.05, 0) is 49.6 Å². The maximum absolute atomic E-state index is 12.4. The van der Waals surface area contributed by atoms with E-state index in [-0.39, 0.29) is 12.0 Å². The highest BCUT2D eigenvalue weighted by Crippen LogP contribution is 2.43. The molecule has 1 heterocycles. The van der Waals surface area contributed by atoms with E-state index in [1.807, 2.05) is 30.3 Å². The van der Waals surface area contributed by atoms with Gasteiger partial charge >= 0.3 is 5.97 Å². The lowest BCUT2D eigenvalue weighted by atomic mass is 9.71. The van der Waals surface area contributed by atoms with Gasteiger partial charge in [0.05, 0.1) is 7.11 Å². The van der Waals surface area contributed by atoms with E-state index < -0.39 is 0 Å². The van der Waals surface area contributed by atoms with Crippen molar-refractivity contribution >= 4 is 5.97 Å². The molecule has 0 N–H and O–H groups in total. The van der Waals surface area contributed by atoms with Gasteiger partial charge in [-0.3, -0.25) is 4.90 Å². The van der Waals surface area contributed by atoms with Crippen molar-refractivity contribution in [3.05, 3.63) is 48.0 Å². The highest BCUT2D eigenvalue weighted by molar-refractivity contribution is 5.77. The Morgan fingerprint density at radius 2 is 2.05 bits per heavy atom. The minimum atomic E-state index is -0.269. The summed E-state index contributed by atoms with van der Waals surface area (Å²) in [7, 11) is 1.49. The van der Waals surface area contributed by atoms with Gasteiger partial charge in [0.15, 0.2) is 0 Å². The van der Waals surface area contributed by atoms with Crippen LogP contribution < -0.4 is 0 Å². The van der Waals surface area contributed by atoms with E-state index in [0.717, 1.165) is 31.5 Å². The molecule has 3 rings (SSSR count). The Morgan fingerprint density at radius 1 is 1.23 bits per heavy atom. The Kier molecular flexibility index (Phi) is 4.63. The van der Waals surface area contributed by atoms with E-state index in [1.54, 1.807) is 0 Å². The summed E-state index contributed by atoms with van der Waals surface area (Å²) in [5.41, 5.74) is 1.39. The molecule has 1 saturated heterocycles. The number of carbonyl (C=O) groups excluding carboxylic acids is 1. The van der Waals surface area contributed by atoms with Crippen molar-refractivity contribution in [3.63, 3.8) is 0 Å². The minimum Gasteiger partial charge on any atom is -0.468 e. The Balaban J connectivity index is 1.84. The number of nitrogens with zero attached hydrogens (tertiary/aromatic N) is 1. The topological polar surface area (TPSA) is 29.5 Å². The first kappa shape index (κ1) is 15.3. The van der Waals surface area contributed by atoms with Crippen LogP contribution in [0.4, 0.5) is 0 Å². The molecule has 0 bridgehead atoms. The molecule has 2 atom stereocenters. The number of hydrogen-bond acceptors (Lipinski definition) is 3. The summed E-state index contributed by atoms with van der Waals surface area (Å²) >= 11 is 0. The molecule has 0 amide bonds. The van der Waals surface area contributed by atoms with Crippen molar-refractivity contribution in [1.29, 1.82) is 0 Å². The molecule has 0 saturated carbocycles. The van der Waals surface area contributed by atoms with E-state index in [9.17, 15) is 4.79 Å². The average molecular weight is 299 g/mol. The fourth-order valence-electron chi connectivity index (χ4n) is 4.02. The lowest BCUT2D eigenvalue weighted by molar-refractivity contribution is -0.149. The second-order valence-electron chi connectivity index (χ2n) is 6.62. The predicted octanol–water partition coefficient (Wildman–Crippen LogP) is 3.72. The van der Waals surface area contributed by atoms with Gasteiger partial charge in [-0.25, -0.2) is 4.79 Å². The fraction of sp³-hybridized carbons (Fsp3) is 0.526. The van der Waals surface area contributed by atoms with Crippen molar-refractivity contribution in [2.45, 2.75) is 38.1 Å². The van der Waals surface area contributed by atoms with Crippen LogP contribution in [0.3, 0.4) is 0 Å². The molecular weight excluding hydrogens is 274 g/mol. The van der Waals surface area contributed by atoms with Crippen LogP contribution in [0.15, 0.2) is 42.5 Å². The zero-order valence-corrected chi connectivity index (χ0v) is 13.3. The van der Waals surface area contributed by atoms with E-state index in [0.29, 0.717) is 5.41 Å². The van der Waals surface area contributed by atoms with E-state index >= 15 is 0 Å². The smallest absolute Gasteiger partial charge is 0.327 e. The third-order valence-electron chi connectivity index (χ3n) is 5.15. The van der Waals surface area contributed by atoms with Gasteiger partial charge in [0.1, 0.15) is 6.04 Å². The van der Waals surface area contributed by atoms with Gasteiger partial charge in [0.2, 0.25) is 0 Å². The van der Waals surface area contributed by atoms with Gasteiger partial charge in [-0.15, -0.1) is 0 Å². The lowest BCUT2D eigenvalue weighted by Gasteiger charge is -2.46. The Labute approximate surface area is 133 Å². The van der Waals surface area contributed by atoms with E-state index in [4.69, 9.17) is 4.74 Å². The summed E-state index contributed by atoms with van der Waals surface area (Å²) in [4.78, 5) is 14.7. The van der Waals surface area contributed by atoms with Gasteiger partial charge < -0.3 is 4.74 Å². The number of ether oxygens (including phenoxy) is 1. The number of methoxy groups -OCH3 is 1. The van der Waals surface area contributed by atoms with Crippen LogP contribution in [0.2, 0.25) is 0 Å². The monoisotopic (exact) mass is 299 g/mol. The second kappa shape index (κ2) is 6.66. The third kappa shape index (κ3) is 3.09. The van der Waals surface area contributed by atoms with Gasteiger partial charge in [-0.2, -0.15) is 0 Å². The average Bonchev–Trinajstić information content (AvgIpc) is 2.57. The van der Waals surface area contributed by atoms with Crippen molar-refractivity contribution in [2.75, 3.05) is 20.2 Å². The van der Waals surface area contributed by atoms with Gasteiger partial charge in [0, 0.05) is 6.54 Å². The third-order valence-corrected chi connectivity index (χ3v) is 5.15. The highest BCUT2D eigenvalue weighted by atomic mass is 16.5. The molecule has 1 aliphatic heterocycles. The van der Waals surface area contributed by atoms with Crippen LogP contribution in [-0.4, -0.2) is 31.1 Å². The number of rotatable bonds is 3. The van der Waals surface area contributed by atoms with Crippen LogP contribution in [-0.2, 0) is 9.53 Å². The first-order chi connectivity index (χ1) is 10.7. The second-order valence-corrected chi connectivity index (χ2v) is 6.62. The van der Waals surface area contributed by atoms with Crippen LogP contribution >= 0.6 is 0 Å². The molecule has 1 spiro atoms. The number of hydrogen-bond donors (Lipinski definition) is 0. The molecule has 2 aliphatic rings. The minimum absolute atomic E-state index is 0.144. The summed E-state index contributed by atoms with van der Waals surface area (Å²) in [5.74, 6) is -0.144. The molecule has 118 valence electrons. The van der Waals surface area contributed by atoms with E-state index in [2.05, 4.69) is 17.1 Å². The first-order valence-electron chi connectivity index (χ1n) is 8.26. The summed E-state index contributed by atoms with van der Waals surface area (Å²) in [6.07, 6.45) is 10.6. The number of benzene rings is 1. The van der Waals surface area contributed by atoms with Crippen molar-refractivity contribution in [3.8, 4) is 0 Å². The zero-order chi connectivity index (χ0) is 15.4. The van der Waals surface area contributed by atoms with Crippen molar-refractivity contribution in [2.24, 2.45) is 5.41 Å². The van der Waals surface area contributed by atoms with Crippen LogP contribution in [0.5, 0.6) is 0 Å². The molecule has 3 nitrogen and oxygen atoms in total. The number of allylic oxidation sites excluding steroid dienone is 2. The maximum atomic E-state index is 12.4. The molecular formula is C19H25NO2. The van der Waals surface area contributed by atoms with Crippen LogP contribution in [0, 0.1) is 5.41 Å². The maximum Gasteiger partial charge on any atom is 0.327 e. The van der Waals surface area contributed by atoms with Crippen LogP contribution in [0.25, 0.3) is 0 Å². The van der Waals surface area contributed by atoms with Crippen molar-refractivity contribution in [1.82, 2.24) is 4.90 Å². The Bertz CT molecular complexity index is 540. The molecule has 1 aliphatic carbocycles. The molecule has 1 aromatic rings. The normalized spacial score (nSPS) is 26.8. The molecule has 0 aromatic heterocycles. The van der Waals surface area contributed by atoms with Gasteiger partial charge in [-0.1, -0.05) is 42.5 Å². The lowest BCUT2D eigenvalue weighted by Crippen LogP contribution is -2.47. The number of likely N-dealkylation sites (tertiary alicyclic amines) is 1. The summed E-state index contributed by atoms with van der Waals surface area (Å²) in [6, 6.07) is 9.77. The number of esters is 1. The Hall–Kier alpha value is -1.61. The quantitative estimate of drug-likeness (QED) is 0.629. The Morgan fingerprint density at radius 3 is 2.73 bits per heavy atom. The fourth-order valence-corrected chi connectivity index (χ4v) is 4.02. The molecule has 1 fully saturated rings. The zero-order valence-electron chi connectivity index (χ0n) is 13.3. The standard InChI is InChI=1S/C19H25NO2/c1-22-18(21)17(16-9-4-2-5-10-16)20-14-8-13-19(15-20)11-6-3-7-12-19/h2-6,9-10,17H,7-8,11-15H2,1H3/t17-,19+/m1/s1. The molecule has 3 heteroatoms. The largest absolute Gasteiger partial charge is 0.468 e. The summed E-state index contributed by atoms with van der Waals surface area (Å²) in [6.45, 7) is 1.96. The predicted molar refractivity (Wildman–Crippen MR) is 87.4 cm³/mol. The van der Waals surface area contributed by atoms with Gasteiger partial charge in [0.25, 0.3) is 0 Å². The molecule has 0 unspecified atom stereocenters. The molecule has 1 aromatic carbocycles. The van der Waals surface area contributed by atoms with Crippen LogP contribution in [0.1, 0.15) is 43.7 Å².